The number of nitrogens with one attached hydrogen (secondary N) is 1. The van der Waals surface area contributed by atoms with Crippen LogP contribution in [0.5, 0.6) is 0 Å². The van der Waals surface area contributed by atoms with Crippen LogP contribution in [0, 0.1) is 11.2 Å². The summed E-state index contributed by atoms with van der Waals surface area (Å²) in [7, 11) is 0. The third-order valence-corrected chi connectivity index (χ3v) is 2.85. The number of hydrogen-bond donors (Lipinski definition) is 2. The van der Waals surface area contributed by atoms with Gasteiger partial charge in [-0.1, -0.05) is 17.7 Å². The third kappa shape index (κ3) is 3.68. The van der Waals surface area contributed by atoms with Crippen molar-refractivity contribution in [1.82, 2.24) is 5.32 Å². The number of nitrogens with two attached hydrogens (primary N) is 1. The van der Waals surface area contributed by atoms with Gasteiger partial charge < -0.3 is 11.1 Å². The molecule has 0 aliphatic heterocycles. The van der Waals surface area contributed by atoms with E-state index in [4.69, 9.17) is 17.3 Å². The van der Waals surface area contributed by atoms with Crippen LogP contribution in [-0.4, -0.2) is 12.5 Å². The second kappa shape index (κ2) is 5.47. The van der Waals surface area contributed by atoms with Crippen LogP contribution in [0.15, 0.2) is 18.2 Å². The molecule has 1 aromatic rings. The normalized spacial score (nSPS) is 11.4. The van der Waals surface area contributed by atoms with E-state index in [-0.39, 0.29) is 17.5 Å². The van der Waals surface area contributed by atoms with Gasteiger partial charge in [-0.25, -0.2) is 4.39 Å². The standard InChI is InChI=1S/C12H16ClFN2O/c1-12(2,7-15)11(17)16-6-8-3-4-10(14)9(13)5-8/h3-5H,6-7,15H2,1-2H3,(H,16,17). The van der Waals surface area contributed by atoms with Gasteiger partial charge in [0.15, 0.2) is 0 Å². The zero-order valence-electron chi connectivity index (χ0n) is 9.89. The highest BCUT2D eigenvalue weighted by molar-refractivity contribution is 6.30. The first-order valence-electron chi connectivity index (χ1n) is 5.29. The first-order valence-corrected chi connectivity index (χ1v) is 5.67. The Morgan fingerprint density at radius 3 is 2.71 bits per heavy atom. The second-order valence-electron chi connectivity index (χ2n) is 4.52. The van der Waals surface area contributed by atoms with Crippen molar-refractivity contribution in [3.05, 3.63) is 34.6 Å². The van der Waals surface area contributed by atoms with Crippen molar-refractivity contribution in [2.75, 3.05) is 6.54 Å². The maximum absolute atomic E-state index is 12.9. The second-order valence-corrected chi connectivity index (χ2v) is 4.93. The summed E-state index contributed by atoms with van der Waals surface area (Å²) in [6.07, 6.45) is 0. The van der Waals surface area contributed by atoms with Crippen molar-refractivity contribution < 1.29 is 9.18 Å². The Morgan fingerprint density at radius 1 is 1.53 bits per heavy atom. The van der Waals surface area contributed by atoms with E-state index in [2.05, 4.69) is 5.32 Å². The smallest absolute Gasteiger partial charge is 0.227 e. The van der Waals surface area contributed by atoms with Gasteiger partial charge in [-0.15, -0.1) is 0 Å². The van der Waals surface area contributed by atoms with Gasteiger partial charge in [-0.2, -0.15) is 0 Å². The van der Waals surface area contributed by atoms with Crippen LogP contribution < -0.4 is 11.1 Å². The fraction of sp³-hybridized carbons (Fsp3) is 0.417. The molecule has 3 N–H and O–H groups in total. The molecule has 0 saturated heterocycles. The average Bonchev–Trinajstić information content (AvgIpc) is 2.30. The van der Waals surface area contributed by atoms with Crippen LogP contribution in [-0.2, 0) is 11.3 Å². The van der Waals surface area contributed by atoms with Crippen LogP contribution in [0.2, 0.25) is 5.02 Å². The van der Waals surface area contributed by atoms with Crippen molar-refractivity contribution >= 4 is 17.5 Å². The Labute approximate surface area is 105 Å². The topological polar surface area (TPSA) is 55.1 Å². The molecule has 17 heavy (non-hydrogen) atoms. The molecule has 0 bridgehead atoms. The molecule has 0 unspecified atom stereocenters. The van der Waals surface area contributed by atoms with Gasteiger partial charge >= 0.3 is 0 Å². The Morgan fingerprint density at radius 2 is 2.18 bits per heavy atom. The molecule has 0 aliphatic carbocycles. The molecule has 0 atom stereocenters. The lowest BCUT2D eigenvalue weighted by molar-refractivity contribution is -0.129. The van der Waals surface area contributed by atoms with Gasteiger partial charge in [0.25, 0.3) is 0 Å². The summed E-state index contributed by atoms with van der Waals surface area (Å²) in [5.41, 5.74) is 5.63. The Bertz CT molecular complexity index is 421. The minimum Gasteiger partial charge on any atom is -0.352 e. The molecule has 1 rings (SSSR count). The van der Waals surface area contributed by atoms with Gasteiger partial charge in [-0.05, 0) is 31.5 Å². The molecule has 94 valence electrons. The van der Waals surface area contributed by atoms with Gasteiger partial charge in [0.05, 0.1) is 10.4 Å². The number of hydrogen-bond acceptors (Lipinski definition) is 2. The molecular formula is C12H16ClFN2O. The van der Waals surface area contributed by atoms with Gasteiger partial charge in [0, 0.05) is 13.1 Å². The summed E-state index contributed by atoms with van der Waals surface area (Å²) in [6, 6.07) is 4.35. The minimum atomic E-state index is -0.607. The largest absolute Gasteiger partial charge is 0.352 e. The molecule has 3 nitrogen and oxygen atoms in total. The fourth-order valence-corrected chi connectivity index (χ4v) is 1.37. The number of carbonyl (C=O) groups is 1. The SMILES string of the molecule is CC(C)(CN)C(=O)NCc1ccc(F)c(Cl)c1. The maximum Gasteiger partial charge on any atom is 0.227 e. The molecule has 1 aromatic carbocycles. The zero-order valence-corrected chi connectivity index (χ0v) is 10.6. The summed E-state index contributed by atoms with van der Waals surface area (Å²) in [6.45, 7) is 4.10. The van der Waals surface area contributed by atoms with E-state index < -0.39 is 11.2 Å². The van der Waals surface area contributed by atoms with E-state index >= 15 is 0 Å². The summed E-state index contributed by atoms with van der Waals surface area (Å²) in [4.78, 5) is 11.7. The lowest BCUT2D eigenvalue weighted by Crippen LogP contribution is -2.41. The van der Waals surface area contributed by atoms with Crippen molar-refractivity contribution in [3.63, 3.8) is 0 Å². The average molecular weight is 259 g/mol. The van der Waals surface area contributed by atoms with Crippen LogP contribution in [0.3, 0.4) is 0 Å². The maximum atomic E-state index is 12.9. The van der Waals surface area contributed by atoms with E-state index in [0.717, 1.165) is 5.56 Å². The summed E-state index contributed by atoms with van der Waals surface area (Å²) >= 11 is 5.64. The first-order chi connectivity index (χ1) is 7.86. The van der Waals surface area contributed by atoms with Crippen LogP contribution in [0.4, 0.5) is 4.39 Å². The zero-order chi connectivity index (χ0) is 13.1. The first kappa shape index (κ1) is 13.9. The fourth-order valence-electron chi connectivity index (χ4n) is 1.16. The van der Waals surface area contributed by atoms with E-state index in [1.54, 1.807) is 19.9 Å². The van der Waals surface area contributed by atoms with E-state index in [9.17, 15) is 9.18 Å². The van der Waals surface area contributed by atoms with Crippen LogP contribution in [0.25, 0.3) is 0 Å². The number of halogens is 2. The quantitative estimate of drug-likeness (QED) is 0.869. The Balaban J connectivity index is 2.62. The predicted octanol–water partition coefficient (Wildman–Crippen LogP) is 2.08. The lowest BCUT2D eigenvalue weighted by Gasteiger charge is -2.21. The van der Waals surface area contributed by atoms with Crippen molar-refractivity contribution in [1.29, 1.82) is 0 Å². The third-order valence-electron chi connectivity index (χ3n) is 2.56. The Kier molecular flexibility index (Phi) is 4.48. The Hall–Kier alpha value is -1.13. The van der Waals surface area contributed by atoms with E-state index in [0.29, 0.717) is 6.54 Å². The minimum absolute atomic E-state index is 0.0508. The molecule has 0 saturated carbocycles. The monoisotopic (exact) mass is 258 g/mol. The van der Waals surface area contributed by atoms with Gasteiger partial charge in [-0.3, -0.25) is 4.79 Å². The van der Waals surface area contributed by atoms with E-state index in [1.165, 1.54) is 12.1 Å². The molecule has 5 heteroatoms. The molecule has 1 amide bonds. The lowest BCUT2D eigenvalue weighted by atomic mass is 9.92. The van der Waals surface area contributed by atoms with Crippen molar-refractivity contribution in [2.24, 2.45) is 11.1 Å². The molecular weight excluding hydrogens is 243 g/mol. The van der Waals surface area contributed by atoms with Gasteiger partial charge in [0.2, 0.25) is 5.91 Å². The highest BCUT2D eigenvalue weighted by Gasteiger charge is 2.25. The molecule has 0 aromatic heterocycles. The van der Waals surface area contributed by atoms with Crippen LogP contribution >= 0.6 is 11.6 Å². The number of amides is 1. The van der Waals surface area contributed by atoms with Crippen molar-refractivity contribution in [3.8, 4) is 0 Å². The van der Waals surface area contributed by atoms with Gasteiger partial charge in [0.1, 0.15) is 5.82 Å². The summed E-state index contributed by atoms with van der Waals surface area (Å²) < 4.78 is 12.9. The van der Waals surface area contributed by atoms with Crippen molar-refractivity contribution in [2.45, 2.75) is 20.4 Å². The molecule has 0 heterocycles. The number of carbonyl (C=O) groups excluding carboxylic acids is 1. The van der Waals surface area contributed by atoms with Crippen LogP contribution in [0.1, 0.15) is 19.4 Å². The molecule has 0 radical (unpaired) electrons. The van der Waals surface area contributed by atoms with E-state index in [1.807, 2.05) is 0 Å². The summed E-state index contributed by atoms with van der Waals surface area (Å²) in [5, 5.41) is 2.79. The molecule has 0 aliphatic rings. The highest BCUT2D eigenvalue weighted by Crippen LogP contribution is 2.17. The molecule has 0 spiro atoms. The predicted molar refractivity (Wildman–Crippen MR) is 66.1 cm³/mol. The number of benzene rings is 1. The molecule has 0 fully saturated rings. The highest BCUT2D eigenvalue weighted by atomic mass is 35.5. The number of rotatable bonds is 4. The summed E-state index contributed by atoms with van der Waals surface area (Å²) in [5.74, 6) is -0.607.